The number of nitrogens with one attached hydrogen (secondary N) is 2. The van der Waals surface area contributed by atoms with E-state index in [-0.39, 0.29) is 5.69 Å². The molecular formula is C17H19F3N4O. The third-order valence-corrected chi connectivity index (χ3v) is 4.31. The predicted octanol–water partition coefficient (Wildman–Crippen LogP) is 1.80. The average Bonchev–Trinajstić information content (AvgIpc) is 2.61. The summed E-state index contributed by atoms with van der Waals surface area (Å²) in [6, 6.07) is 7.20. The molecule has 0 bridgehead atoms. The largest absolute Gasteiger partial charge is 0.405 e. The molecule has 2 N–H and O–H groups in total. The van der Waals surface area contributed by atoms with Crippen molar-refractivity contribution in [3.63, 3.8) is 0 Å². The van der Waals surface area contributed by atoms with E-state index in [9.17, 15) is 18.0 Å². The number of halogens is 3. The van der Waals surface area contributed by atoms with Gasteiger partial charge in [0.25, 0.3) is 5.91 Å². The number of amides is 1. The monoisotopic (exact) mass is 352 g/mol. The van der Waals surface area contributed by atoms with E-state index in [0.29, 0.717) is 31.6 Å². The van der Waals surface area contributed by atoms with Crippen molar-refractivity contribution in [2.24, 2.45) is 0 Å². The van der Waals surface area contributed by atoms with Crippen molar-refractivity contribution >= 4 is 16.7 Å². The van der Waals surface area contributed by atoms with Gasteiger partial charge in [0.15, 0.2) is 0 Å². The molecule has 2 aromatic rings. The van der Waals surface area contributed by atoms with Gasteiger partial charge in [-0.15, -0.1) is 0 Å². The number of carbonyl (C=O) groups is 1. The molecule has 1 aromatic carbocycles. The van der Waals surface area contributed by atoms with E-state index in [1.807, 2.05) is 12.1 Å². The Morgan fingerprint density at radius 2 is 1.96 bits per heavy atom. The Labute approximate surface area is 143 Å². The number of benzene rings is 1. The summed E-state index contributed by atoms with van der Waals surface area (Å²) in [7, 11) is 0. The summed E-state index contributed by atoms with van der Waals surface area (Å²) in [5.74, 6) is -0.596. The standard InChI is InChI=1S/C17H19F3N4O/c18-17(19,20)14(24-9-7-21-8-10-24)11-23-16(25)15-13-4-2-1-3-12(13)5-6-22-15/h1-6,14,21H,7-11H2,(H,23,25). The Balaban J connectivity index is 1.74. The lowest BCUT2D eigenvalue weighted by atomic mass is 10.1. The third-order valence-electron chi connectivity index (χ3n) is 4.31. The third kappa shape index (κ3) is 4.08. The molecule has 1 unspecified atom stereocenters. The maximum Gasteiger partial charge on any atom is 0.405 e. The highest BCUT2D eigenvalue weighted by Crippen LogP contribution is 2.25. The molecule has 5 nitrogen and oxygen atoms in total. The second kappa shape index (κ2) is 7.37. The van der Waals surface area contributed by atoms with Crippen LogP contribution in [0.1, 0.15) is 10.5 Å². The van der Waals surface area contributed by atoms with Crippen LogP contribution in [0.15, 0.2) is 36.5 Å². The molecular weight excluding hydrogens is 333 g/mol. The molecule has 25 heavy (non-hydrogen) atoms. The zero-order valence-corrected chi connectivity index (χ0v) is 13.5. The van der Waals surface area contributed by atoms with Crippen LogP contribution >= 0.6 is 0 Å². The van der Waals surface area contributed by atoms with Gasteiger partial charge in [-0.05, 0) is 11.5 Å². The van der Waals surface area contributed by atoms with Crippen LogP contribution in [-0.2, 0) is 0 Å². The molecule has 0 aliphatic carbocycles. The molecule has 134 valence electrons. The van der Waals surface area contributed by atoms with Crippen molar-refractivity contribution < 1.29 is 18.0 Å². The second-order valence-corrected chi connectivity index (χ2v) is 5.93. The normalized spacial score (nSPS) is 17.4. The first-order valence-corrected chi connectivity index (χ1v) is 8.10. The molecule has 1 aromatic heterocycles. The maximum absolute atomic E-state index is 13.4. The SMILES string of the molecule is O=C(NCC(N1CCNCC1)C(F)(F)F)c1nccc2ccccc12. The van der Waals surface area contributed by atoms with E-state index in [4.69, 9.17) is 0 Å². The number of carbonyl (C=O) groups excluding carboxylic acids is 1. The van der Waals surface area contributed by atoms with Crippen LogP contribution in [0.4, 0.5) is 13.2 Å². The minimum atomic E-state index is -4.41. The van der Waals surface area contributed by atoms with Crippen molar-refractivity contribution in [3.05, 3.63) is 42.2 Å². The van der Waals surface area contributed by atoms with Crippen molar-refractivity contribution in [1.82, 2.24) is 20.5 Å². The zero-order chi connectivity index (χ0) is 17.9. The molecule has 0 saturated carbocycles. The van der Waals surface area contributed by atoms with Gasteiger partial charge in [-0.2, -0.15) is 13.2 Å². The lowest BCUT2D eigenvalue weighted by Gasteiger charge is -2.35. The van der Waals surface area contributed by atoms with Crippen LogP contribution in [-0.4, -0.2) is 60.7 Å². The molecule has 1 amide bonds. The Morgan fingerprint density at radius 3 is 2.68 bits per heavy atom. The van der Waals surface area contributed by atoms with Gasteiger partial charge >= 0.3 is 6.18 Å². The van der Waals surface area contributed by atoms with E-state index in [0.717, 1.165) is 5.39 Å². The number of alkyl halides is 3. The van der Waals surface area contributed by atoms with Gasteiger partial charge in [0.05, 0.1) is 0 Å². The first-order chi connectivity index (χ1) is 12.0. The minimum absolute atomic E-state index is 0.138. The lowest BCUT2D eigenvalue weighted by Crippen LogP contribution is -2.57. The van der Waals surface area contributed by atoms with Crippen molar-refractivity contribution in [2.75, 3.05) is 32.7 Å². The van der Waals surface area contributed by atoms with Crippen LogP contribution in [0, 0.1) is 0 Å². The van der Waals surface area contributed by atoms with Crippen molar-refractivity contribution in [2.45, 2.75) is 12.2 Å². The highest BCUT2D eigenvalue weighted by Gasteiger charge is 2.43. The number of fused-ring (bicyclic) bond motifs is 1. The number of aromatic nitrogens is 1. The molecule has 1 saturated heterocycles. The molecule has 2 heterocycles. The summed E-state index contributed by atoms with van der Waals surface area (Å²) in [5, 5.41) is 6.87. The summed E-state index contributed by atoms with van der Waals surface area (Å²) in [4.78, 5) is 17.8. The van der Waals surface area contributed by atoms with Gasteiger partial charge in [-0.1, -0.05) is 24.3 Å². The van der Waals surface area contributed by atoms with Gasteiger partial charge in [-0.25, -0.2) is 0 Å². The topological polar surface area (TPSA) is 57.3 Å². The van der Waals surface area contributed by atoms with Crippen molar-refractivity contribution in [3.8, 4) is 0 Å². The maximum atomic E-state index is 13.4. The van der Waals surface area contributed by atoms with Crippen LogP contribution in [0.2, 0.25) is 0 Å². The van der Waals surface area contributed by atoms with Crippen LogP contribution in [0.3, 0.4) is 0 Å². The number of pyridine rings is 1. The fourth-order valence-electron chi connectivity index (χ4n) is 3.02. The lowest BCUT2D eigenvalue weighted by molar-refractivity contribution is -0.183. The van der Waals surface area contributed by atoms with Crippen LogP contribution in [0.5, 0.6) is 0 Å². The van der Waals surface area contributed by atoms with E-state index in [1.54, 1.807) is 18.2 Å². The first-order valence-electron chi connectivity index (χ1n) is 8.10. The number of rotatable bonds is 4. The molecule has 0 spiro atoms. The fourth-order valence-corrected chi connectivity index (χ4v) is 3.02. The second-order valence-electron chi connectivity index (χ2n) is 5.93. The first kappa shape index (κ1) is 17.6. The molecule has 1 aliphatic rings. The summed E-state index contributed by atoms with van der Waals surface area (Å²) >= 11 is 0. The van der Waals surface area contributed by atoms with Gasteiger partial charge in [0.1, 0.15) is 11.7 Å². The van der Waals surface area contributed by atoms with Gasteiger partial charge < -0.3 is 10.6 Å². The van der Waals surface area contributed by atoms with E-state index in [2.05, 4.69) is 15.6 Å². The molecule has 8 heteroatoms. The fraction of sp³-hybridized carbons (Fsp3) is 0.412. The van der Waals surface area contributed by atoms with Gasteiger partial charge in [-0.3, -0.25) is 14.7 Å². The summed E-state index contributed by atoms with van der Waals surface area (Å²) in [5.41, 5.74) is 0.138. The Bertz CT molecular complexity index is 739. The van der Waals surface area contributed by atoms with E-state index in [1.165, 1.54) is 11.1 Å². The van der Waals surface area contributed by atoms with E-state index < -0.39 is 24.7 Å². The summed E-state index contributed by atoms with van der Waals surface area (Å²) in [6.45, 7) is 1.11. The Kier molecular flexibility index (Phi) is 5.19. The zero-order valence-electron chi connectivity index (χ0n) is 13.5. The number of piperazine rings is 1. The van der Waals surface area contributed by atoms with Crippen LogP contribution in [0.25, 0.3) is 10.8 Å². The highest BCUT2D eigenvalue weighted by molar-refractivity contribution is 6.05. The van der Waals surface area contributed by atoms with Gasteiger partial charge in [0.2, 0.25) is 0 Å². The molecule has 1 fully saturated rings. The minimum Gasteiger partial charge on any atom is -0.349 e. The summed E-state index contributed by atoms with van der Waals surface area (Å²) in [6.07, 6.45) is -2.93. The molecule has 0 radical (unpaired) electrons. The highest BCUT2D eigenvalue weighted by atomic mass is 19.4. The smallest absolute Gasteiger partial charge is 0.349 e. The predicted molar refractivity (Wildman–Crippen MR) is 88.4 cm³/mol. The Hall–Kier alpha value is -2.19. The number of hydrogen-bond acceptors (Lipinski definition) is 4. The van der Waals surface area contributed by atoms with Crippen LogP contribution < -0.4 is 10.6 Å². The van der Waals surface area contributed by atoms with E-state index >= 15 is 0 Å². The quantitative estimate of drug-likeness (QED) is 0.881. The van der Waals surface area contributed by atoms with Crippen molar-refractivity contribution in [1.29, 1.82) is 0 Å². The Morgan fingerprint density at radius 1 is 1.24 bits per heavy atom. The molecule has 1 atom stereocenters. The molecule has 3 rings (SSSR count). The van der Waals surface area contributed by atoms with Gasteiger partial charge in [0, 0.05) is 44.3 Å². The number of nitrogens with zero attached hydrogens (tertiary/aromatic N) is 2. The number of hydrogen-bond donors (Lipinski definition) is 2. The molecule has 1 aliphatic heterocycles. The summed E-state index contributed by atoms with van der Waals surface area (Å²) < 4.78 is 40.1. The average molecular weight is 352 g/mol.